The average molecular weight is 415 g/mol. The van der Waals surface area contributed by atoms with Gasteiger partial charge in [0.1, 0.15) is 5.69 Å². The molecule has 0 atom stereocenters. The van der Waals surface area contributed by atoms with Crippen molar-refractivity contribution in [3.8, 4) is 11.6 Å². The van der Waals surface area contributed by atoms with E-state index in [4.69, 9.17) is 4.42 Å². The number of benzene rings is 1. The topological polar surface area (TPSA) is 78.0 Å². The van der Waals surface area contributed by atoms with Gasteiger partial charge in [-0.2, -0.15) is 0 Å². The van der Waals surface area contributed by atoms with Gasteiger partial charge in [0.05, 0.1) is 0 Å². The van der Waals surface area contributed by atoms with E-state index in [0.29, 0.717) is 40.4 Å². The second-order valence-corrected chi connectivity index (χ2v) is 6.77. The van der Waals surface area contributed by atoms with E-state index >= 15 is 0 Å². The SMILES string of the molecule is [CH2]C(=O)n1c(C)c(C(=O)c2cccc(Br)c2)c(C)c1-c1nnc(CC)o1. The molecule has 0 amide bonds. The Morgan fingerprint density at radius 2 is 2.00 bits per heavy atom. The highest BCUT2D eigenvalue weighted by Gasteiger charge is 2.28. The first-order valence-electron chi connectivity index (χ1n) is 8.06. The van der Waals surface area contributed by atoms with Crippen molar-refractivity contribution in [1.29, 1.82) is 0 Å². The molecule has 3 rings (SSSR count). The van der Waals surface area contributed by atoms with Gasteiger partial charge in [-0.3, -0.25) is 14.2 Å². The quantitative estimate of drug-likeness (QED) is 0.598. The van der Waals surface area contributed by atoms with Gasteiger partial charge in [-0.25, -0.2) is 0 Å². The highest BCUT2D eigenvalue weighted by Crippen LogP contribution is 2.32. The molecule has 0 N–H and O–H groups in total. The summed E-state index contributed by atoms with van der Waals surface area (Å²) in [6.45, 7) is 8.87. The lowest BCUT2D eigenvalue weighted by atomic mass is 10.00. The van der Waals surface area contributed by atoms with Gasteiger partial charge in [0.2, 0.25) is 11.8 Å². The van der Waals surface area contributed by atoms with Gasteiger partial charge in [0.15, 0.2) is 5.78 Å². The highest BCUT2D eigenvalue weighted by atomic mass is 79.9. The molecule has 6 nitrogen and oxygen atoms in total. The Morgan fingerprint density at radius 1 is 1.27 bits per heavy atom. The maximum absolute atomic E-state index is 13.1. The van der Waals surface area contributed by atoms with Crippen molar-refractivity contribution in [2.24, 2.45) is 0 Å². The minimum Gasteiger partial charge on any atom is -0.419 e. The van der Waals surface area contributed by atoms with Crippen LogP contribution in [0.15, 0.2) is 33.2 Å². The zero-order valence-corrected chi connectivity index (χ0v) is 16.3. The van der Waals surface area contributed by atoms with Crippen LogP contribution < -0.4 is 0 Å². The van der Waals surface area contributed by atoms with E-state index in [1.165, 1.54) is 4.57 Å². The number of ketones is 1. The predicted molar refractivity (Wildman–Crippen MR) is 100 cm³/mol. The molecule has 7 heteroatoms. The number of hydrogen-bond donors (Lipinski definition) is 0. The molecule has 133 valence electrons. The second kappa shape index (κ2) is 6.99. The van der Waals surface area contributed by atoms with Gasteiger partial charge in [-0.05, 0) is 31.5 Å². The lowest BCUT2D eigenvalue weighted by Gasteiger charge is -2.05. The lowest BCUT2D eigenvalue weighted by Crippen LogP contribution is -2.11. The number of halogens is 1. The first-order valence-corrected chi connectivity index (χ1v) is 8.85. The molecule has 2 aromatic heterocycles. The summed E-state index contributed by atoms with van der Waals surface area (Å²) in [6.07, 6.45) is 0.577. The van der Waals surface area contributed by atoms with Crippen LogP contribution in [0.1, 0.15) is 44.8 Å². The fraction of sp³-hybridized carbons (Fsp3) is 0.211. The normalized spacial score (nSPS) is 11.0. The Labute approximate surface area is 159 Å². The van der Waals surface area contributed by atoms with Crippen LogP contribution in [0.25, 0.3) is 11.6 Å². The zero-order chi connectivity index (χ0) is 19.0. The summed E-state index contributed by atoms with van der Waals surface area (Å²) >= 11 is 3.38. The third-order valence-corrected chi connectivity index (χ3v) is 4.68. The standard InChI is InChI=1S/C19H17BrN3O3/c1-5-15-21-22-19(26-15)17-10(2)16(11(3)23(17)12(4)24)18(25)13-7-6-8-14(20)9-13/h6-9H,4-5H2,1-3H3. The van der Waals surface area contributed by atoms with Crippen LogP contribution in [0, 0.1) is 20.8 Å². The molecule has 26 heavy (non-hydrogen) atoms. The van der Waals surface area contributed by atoms with Crippen LogP contribution in [0.4, 0.5) is 0 Å². The van der Waals surface area contributed by atoms with Gasteiger partial charge in [-0.1, -0.05) is 35.0 Å². The second-order valence-electron chi connectivity index (χ2n) is 5.86. The number of carbonyl (C=O) groups excluding carboxylic acids is 2. The van der Waals surface area contributed by atoms with Crippen LogP contribution in [0.5, 0.6) is 0 Å². The molecule has 0 bridgehead atoms. The monoisotopic (exact) mass is 414 g/mol. The molecular weight excluding hydrogens is 398 g/mol. The smallest absolute Gasteiger partial charge is 0.265 e. The molecular formula is C19H17BrN3O3. The molecule has 0 fully saturated rings. The summed E-state index contributed by atoms with van der Waals surface area (Å²) in [5.74, 6) is 0.0110. The van der Waals surface area contributed by atoms with E-state index in [0.717, 1.165) is 4.47 Å². The molecule has 0 aliphatic heterocycles. The molecule has 1 aromatic carbocycles. The first kappa shape index (κ1) is 18.3. The van der Waals surface area contributed by atoms with E-state index < -0.39 is 5.91 Å². The van der Waals surface area contributed by atoms with Crippen molar-refractivity contribution in [3.63, 3.8) is 0 Å². The predicted octanol–water partition coefficient (Wildman–Crippen LogP) is 4.19. The number of nitrogens with zero attached hydrogens (tertiary/aromatic N) is 3. The summed E-state index contributed by atoms with van der Waals surface area (Å²) in [4.78, 5) is 25.2. The third kappa shape index (κ3) is 3.03. The summed E-state index contributed by atoms with van der Waals surface area (Å²) in [6, 6.07) is 7.11. The van der Waals surface area contributed by atoms with Crippen LogP contribution >= 0.6 is 15.9 Å². The molecule has 1 radical (unpaired) electrons. The minimum atomic E-state index is -0.467. The zero-order valence-electron chi connectivity index (χ0n) is 14.7. The molecule has 0 spiro atoms. The van der Waals surface area contributed by atoms with Crippen LogP contribution in [-0.2, 0) is 6.42 Å². The first-order chi connectivity index (χ1) is 12.3. The molecule has 0 aliphatic carbocycles. The minimum absolute atomic E-state index is 0.183. The van der Waals surface area contributed by atoms with E-state index in [-0.39, 0.29) is 11.7 Å². The van der Waals surface area contributed by atoms with Crippen molar-refractivity contribution in [2.45, 2.75) is 27.2 Å². The number of aromatic nitrogens is 3. The fourth-order valence-electron chi connectivity index (χ4n) is 3.01. The lowest BCUT2D eigenvalue weighted by molar-refractivity contribution is 0.0965. The number of hydrogen-bond acceptors (Lipinski definition) is 5. The van der Waals surface area contributed by atoms with Gasteiger partial charge >= 0.3 is 0 Å². The van der Waals surface area contributed by atoms with Gasteiger partial charge in [0.25, 0.3) is 5.89 Å². The highest BCUT2D eigenvalue weighted by molar-refractivity contribution is 9.10. The Morgan fingerprint density at radius 3 is 2.58 bits per heavy atom. The molecule has 0 saturated carbocycles. The van der Waals surface area contributed by atoms with Gasteiger partial charge in [0, 0.05) is 34.6 Å². The van der Waals surface area contributed by atoms with E-state index in [1.54, 1.807) is 32.0 Å². The van der Waals surface area contributed by atoms with Crippen molar-refractivity contribution < 1.29 is 14.0 Å². The van der Waals surface area contributed by atoms with E-state index in [2.05, 4.69) is 33.1 Å². The largest absolute Gasteiger partial charge is 0.419 e. The van der Waals surface area contributed by atoms with Crippen LogP contribution in [0.3, 0.4) is 0 Å². The average Bonchev–Trinajstić information content (AvgIpc) is 3.16. The summed E-state index contributed by atoms with van der Waals surface area (Å²) < 4.78 is 7.78. The maximum atomic E-state index is 13.1. The Hall–Kier alpha value is -2.54. The van der Waals surface area contributed by atoms with Gasteiger partial charge < -0.3 is 4.42 Å². The van der Waals surface area contributed by atoms with Crippen molar-refractivity contribution in [2.75, 3.05) is 0 Å². The van der Waals surface area contributed by atoms with Crippen LogP contribution in [-0.4, -0.2) is 26.5 Å². The Bertz CT molecular complexity index is 1020. The Kier molecular flexibility index (Phi) is 4.91. The molecule has 0 unspecified atom stereocenters. The molecule has 2 heterocycles. The van der Waals surface area contributed by atoms with Crippen molar-refractivity contribution >= 4 is 27.6 Å². The Balaban J connectivity index is 2.23. The van der Waals surface area contributed by atoms with Crippen LogP contribution in [0.2, 0.25) is 0 Å². The third-order valence-electron chi connectivity index (χ3n) is 4.19. The number of aryl methyl sites for hydroxylation is 1. The van der Waals surface area contributed by atoms with Gasteiger partial charge in [-0.15, -0.1) is 10.2 Å². The fourth-order valence-corrected chi connectivity index (χ4v) is 3.40. The molecule has 3 aromatic rings. The molecule has 0 saturated heterocycles. The summed E-state index contributed by atoms with van der Waals surface area (Å²) in [7, 11) is 0. The number of carbonyl (C=O) groups is 2. The van der Waals surface area contributed by atoms with E-state index in [1.807, 2.05) is 13.0 Å². The van der Waals surface area contributed by atoms with Crippen molar-refractivity contribution in [3.05, 3.63) is 63.9 Å². The summed E-state index contributed by atoms with van der Waals surface area (Å²) in [5, 5.41) is 7.98. The van der Waals surface area contributed by atoms with Crippen molar-refractivity contribution in [1.82, 2.24) is 14.8 Å². The summed E-state index contributed by atoms with van der Waals surface area (Å²) in [5.41, 5.74) is 2.47. The molecule has 0 aliphatic rings. The number of rotatable bonds is 4. The maximum Gasteiger partial charge on any atom is 0.265 e. The van der Waals surface area contributed by atoms with E-state index in [9.17, 15) is 9.59 Å².